The SMILES string of the molecule is ClCC(Cc1cc(Cl)cc2c1OCC2)c1ccc(Br)cc1. The van der Waals surface area contributed by atoms with Crippen LogP contribution in [0.2, 0.25) is 5.02 Å². The number of alkyl halides is 1. The lowest BCUT2D eigenvalue weighted by Crippen LogP contribution is -2.06. The fourth-order valence-electron chi connectivity index (χ4n) is 2.76. The van der Waals surface area contributed by atoms with Gasteiger partial charge in [-0.25, -0.2) is 0 Å². The molecular weight excluding hydrogens is 371 g/mol. The Hall–Kier alpha value is -0.700. The summed E-state index contributed by atoms with van der Waals surface area (Å²) in [5.41, 5.74) is 3.60. The fourth-order valence-corrected chi connectivity index (χ4v) is 3.57. The molecule has 3 rings (SSSR count). The highest BCUT2D eigenvalue weighted by atomic mass is 79.9. The van der Waals surface area contributed by atoms with Crippen LogP contribution in [0.4, 0.5) is 0 Å². The lowest BCUT2D eigenvalue weighted by molar-refractivity contribution is 0.353. The zero-order chi connectivity index (χ0) is 14.8. The zero-order valence-electron chi connectivity index (χ0n) is 11.4. The van der Waals surface area contributed by atoms with Gasteiger partial charge in [-0.3, -0.25) is 0 Å². The molecule has 0 saturated carbocycles. The van der Waals surface area contributed by atoms with Crippen molar-refractivity contribution in [3.05, 3.63) is 62.6 Å². The van der Waals surface area contributed by atoms with Crippen LogP contribution in [-0.2, 0) is 12.8 Å². The fraction of sp³-hybridized carbons (Fsp3) is 0.294. The largest absolute Gasteiger partial charge is 0.493 e. The Morgan fingerprint density at radius 3 is 2.67 bits per heavy atom. The maximum Gasteiger partial charge on any atom is 0.125 e. The van der Waals surface area contributed by atoms with Crippen molar-refractivity contribution in [2.75, 3.05) is 12.5 Å². The molecule has 0 spiro atoms. The molecule has 1 aliphatic rings. The smallest absolute Gasteiger partial charge is 0.125 e. The molecule has 4 heteroatoms. The third-order valence-electron chi connectivity index (χ3n) is 3.82. The first-order valence-corrected chi connectivity index (χ1v) is 8.63. The van der Waals surface area contributed by atoms with Crippen molar-refractivity contribution in [1.82, 2.24) is 0 Å². The molecule has 110 valence electrons. The summed E-state index contributed by atoms with van der Waals surface area (Å²) in [6.07, 6.45) is 1.78. The highest BCUT2D eigenvalue weighted by molar-refractivity contribution is 9.10. The predicted octanol–water partition coefficient (Wildman–Crippen LogP) is 5.60. The normalized spacial score (nSPS) is 14.6. The maximum absolute atomic E-state index is 6.23. The molecular formula is C17H15BrCl2O. The first-order valence-electron chi connectivity index (χ1n) is 6.93. The van der Waals surface area contributed by atoms with E-state index in [1.807, 2.05) is 24.3 Å². The van der Waals surface area contributed by atoms with Crippen molar-refractivity contribution in [3.8, 4) is 5.75 Å². The Bertz CT molecular complexity index is 640. The minimum Gasteiger partial charge on any atom is -0.493 e. The number of ether oxygens (including phenoxy) is 1. The average Bonchev–Trinajstić information content (AvgIpc) is 2.94. The second-order valence-corrected chi connectivity index (χ2v) is 6.92. The van der Waals surface area contributed by atoms with E-state index in [0.717, 1.165) is 40.3 Å². The van der Waals surface area contributed by atoms with Crippen LogP contribution in [0.5, 0.6) is 5.75 Å². The molecule has 0 N–H and O–H groups in total. The number of hydrogen-bond acceptors (Lipinski definition) is 1. The standard InChI is InChI=1S/C17H15BrCl2O/c18-15-3-1-11(2-4-15)14(10-19)7-13-9-16(20)8-12-5-6-21-17(12)13/h1-4,8-9,14H,5-7,10H2. The molecule has 0 aromatic heterocycles. The van der Waals surface area contributed by atoms with Gasteiger partial charge in [-0.2, -0.15) is 0 Å². The molecule has 0 fully saturated rings. The van der Waals surface area contributed by atoms with Crippen LogP contribution in [0.3, 0.4) is 0 Å². The second-order valence-electron chi connectivity index (χ2n) is 5.26. The van der Waals surface area contributed by atoms with Gasteiger partial charge in [-0.15, -0.1) is 11.6 Å². The van der Waals surface area contributed by atoms with Crippen LogP contribution in [0, 0.1) is 0 Å². The minimum absolute atomic E-state index is 0.256. The van der Waals surface area contributed by atoms with Crippen LogP contribution < -0.4 is 4.74 Å². The van der Waals surface area contributed by atoms with Gasteiger partial charge in [0.1, 0.15) is 5.75 Å². The summed E-state index contributed by atoms with van der Waals surface area (Å²) in [4.78, 5) is 0. The van der Waals surface area contributed by atoms with E-state index in [1.165, 1.54) is 11.1 Å². The Morgan fingerprint density at radius 2 is 1.95 bits per heavy atom. The molecule has 1 atom stereocenters. The monoisotopic (exact) mass is 384 g/mol. The third-order valence-corrected chi connectivity index (χ3v) is 4.94. The van der Waals surface area contributed by atoms with Crippen molar-refractivity contribution in [2.24, 2.45) is 0 Å². The maximum atomic E-state index is 6.23. The van der Waals surface area contributed by atoms with Gasteiger partial charge >= 0.3 is 0 Å². The van der Waals surface area contributed by atoms with Crippen molar-refractivity contribution in [2.45, 2.75) is 18.8 Å². The van der Waals surface area contributed by atoms with Crippen molar-refractivity contribution >= 4 is 39.1 Å². The van der Waals surface area contributed by atoms with Gasteiger partial charge in [0.05, 0.1) is 6.61 Å². The second kappa shape index (κ2) is 6.60. The van der Waals surface area contributed by atoms with Gasteiger partial charge in [0.15, 0.2) is 0 Å². The van der Waals surface area contributed by atoms with E-state index in [4.69, 9.17) is 27.9 Å². The van der Waals surface area contributed by atoms with Gasteiger partial charge < -0.3 is 4.74 Å². The van der Waals surface area contributed by atoms with E-state index in [2.05, 4.69) is 28.1 Å². The Balaban J connectivity index is 1.89. The van der Waals surface area contributed by atoms with Crippen molar-refractivity contribution in [3.63, 3.8) is 0 Å². The summed E-state index contributed by atoms with van der Waals surface area (Å²) in [5, 5.41) is 0.776. The summed E-state index contributed by atoms with van der Waals surface area (Å²) >= 11 is 15.9. The van der Waals surface area contributed by atoms with E-state index < -0.39 is 0 Å². The van der Waals surface area contributed by atoms with Crippen molar-refractivity contribution < 1.29 is 4.74 Å². The Kier molecular flexibility index (Phi) is 4.78. The Morgan fingerprint density at radius 1 is 1.19 bits per heavy atom. The molecule has 0 bridgehead atoms. The molecule has 1 unspecified atom stereocenters. The van der Waals surface area contributed by atoms with Gasteiger partial charge in [0.2, 0.25) is 0 Å². The highest BCUT2D eigenvalue weighted by Gasteiger charge is 2.20. The lowest BCUT2D eigenvalue weighted by atomic mass is 9.92. The summed E-state index contributed by atoms with van der Waals surface area (Å²) in [7, 11) is 0. The van der Waals surface area contributed by atoms with Gasteiger partial charge in [-0.05, 0) is 47.4 Å². The number of benzene rings is 2. The third kappa shape index (κ3) is 3.39. The molecule has 0 radical (unpaired) electrons. The molecule has 1 heterocycles. The molecule has 2 aromatic carbocycles. The van der Waals surface area contributed by atoms with E-state index in [9.17, 15) is 0 Å². The molecule has 21 heavy (non-hydrogen) atoms. The van der Waals surface area contributed by atoms with Gasteiger partial charge in [0, 0.05) is 27.7 Å². The van der Waals surface area contributed by atoms with Crippen LogP contribution in [0.25, 0.3) is 0 Å². The number of rotatable bonds is 4. The lowest BCUT2D eigenvalue weighted by Gasteiger charge is -2.17. The predicted molar refractivity (Wildman–Crippen MR) is 92.0 cm³/mol. The van der Waals surface area contributed by atoms with Gasteiger partial charge in [-0.1, -0.05) is 39.7 Å². The highest BCUT2D eigenvalue weighted by Crippen LogP contribution is 2.36. The van der Waals surface area contributed by atoms with E-state index in [-0.39, 0.29) is 5.92 Å². The summed E-state index contributed by atoms with van der Waals surface area (Å²) < 4.78 is 6.85. The zero-order valence-corrected chi connectivity index (χ0v) is 14.5. The quantitative estimate of drug-likeness (QED) is 0.622. The summed E-state index contributed by atoms with van der Waals surface area (Å²) in [5.74, 6) is 1.83. The topological polar surface area (TPSA) is 9.23 Å². The molecule has 0 saturated heterocycles. The molecule has 0 amide bonds. The summed E-state index contributed by atoms with van der Waals surface area (Å²) in [6.45, 7) is 0.743. The number of halogens is 3. The molecule has 0 aliphatic carbocycles. The van der Waals surface area contributed by atoms with Gasteiger partial charge in [0.25, 0.3) is 0 Å². The van der Waals surface area contributed by atoms with Crippen molar-refractivity contribution in [1.29, 1.82) is 0 Å². The van der Waals surface area contributed by atoms with E-state index in [1.54, 1.807) is 0 Å². The first kappa shape index (κ1) is 15.2. The van der Waals surface area contributed by atoms with E-state index in [0.29, 0.717) is 5.88 Å². The number of fused-ring (bicyclic) bond motifs is 1. The Labute approximate surface area is 143 Å². The van der Waals surface area contributed by atoms with Crippen LogP contribution in [0.15, 0.2) is 40.9 Å². The van der Waals surface area contributed by atoms with Crippen LogP contribution in [0.1, 0.15) is 22.6 Å². The molecule has 1 nitrogen and oxygen atoms in total. The summed E-state index contributed by atoms with van der Waals surface area (Å²) in [6, 6.07) is 12.3. The first-order chi connectivity index (χ1) is 10.2. The molecule has 1 aliphatic heterocycles. The van der Waals surface area contributed by atoms with Crippen LogP contribution in [-0.4, -0.2) is 12.5 Å². The van der Waals surface area contributed by atoms with Crippen LogP contribution >= 0.6 is 39.1 Å². The molecule has 2 aromatic rings. The van der Waals surface area contributed by atoms with E-state index >= 15 is 0 Å². The average molecular weight is 386 g/mol. The number of hydrogen-bond donors (Lipinski definition) is 0. The minimum atomic E-state index is 0.256.